The lowest BCUT2D eigenvalue weighted by molar-refractivity contribution is -0.384. The SMILES string of the molecule is O=C(CSCCCO)c1cccc([N+](=O)[O-])c1. The average Bonchev–Trinajstić information content (AvgIpc) is 2.34. The molecule has 0 aliphatic heterocycles. The summed E-state index contributed by atoms with van der Waals surface area (Å²) < 4.78 is 0. The van der Waals surface area contributed by atoms with E-state index in [1.807, 2.05) is 0 Å². The van der Waals surface area contributed by atoms with Crippen LogP contribution in [0.15, 0.2) is 24.3 Å². The Morgan fingerprint density at radius 2 is 2.24 bits per heavy atom. The minimum Gasteiger partial charge on any atom is -0.396 e. The first-order valence-corrected chi connectivity index (χ1v) is 6.27. The number of nitrogens with zero attached hydrogens (tertiary/aromatic N) is 1. The van der Waals surface area contributed by atoms with Gasteiger partial charge in [0.15, 0.2) is 5.78 Å². The van der Waals surface area contributed by atoms with Crippen LogP contribution in [0.4, 0.5) is 5.69 Å². The third-order valence-corrected chi connectivity index (χ3v) is 3.10. The molecule has 0 saturated heterocycles. The Labute approximate surface area is 103 Å². The number of Topliss-reactive ketones (excluding diaryl/α,β-unsaturated/α-hetero) is 1. The summed E-state index contributed by atoms with van der Waals surface area (Å²) in [6.45, 7) is 0.109. The molecule has 17 heavy (non-hydrogen) atoms. The highest BCUT2D eigenvalue weighted by atomic mass is 32.2. The van der Waals surface area contributed by atoms with Crippen LogP contribution < -0.4 is 0 Å². The van der Waals surface area contributed by atoms with Crippen LogP contribution in [0, 0.1) is 10.1 Å². The molecule has 1 N–H and O–H groups in total. The molecule has 1 aromatic carbocycles. The molecule has 0 aliphatic carbocycles. The molecule has 0 aliphatic rings. The molecule has 1 rings (SSSR count). The van der Waals surface area contributed by atoms with Gasteiger partial charge in [-0.1, -0.05) is 12.1 Å². The van der Waals surface area contributed by atoms with E-state index in [1.165, 1.54) is 30.0 Å². The summed E-state index contributed by atoms with van der Waals surface area (Å²) in [6, 6.07) is 5.72. The molecule has 0 amide bonds. The number of rotatable bonds is 7. The molecule has 5 nitrogen and oxygen atoms in total. The van der Waals surface area contributed by atoms with Gasteiger partial charge < -0.3 is 5.11 Å². The third kappa shape index (κ3) is 4.54. The molecule has 0 fully saturated rings. The van der Waals surface area contributed by atoms with Crippen molar-refractivity contribution in [3.8, 4) is 0 Å². The fourth-order valence-electron chi connectivity index (χ4n) is 1.21. The number of nitro benzene ring substituents is 1. The van der Waals surface area contributed by atoms with Crippen molar-refractivity contribution >= 4 is 23.2 Å². The number of carbonyl (C=O) groups is 1. The highest BCUT2D eigenvalue weighted by Crippen LogP contribution is 2.15. The molecule has 0 unspecified atom stereocenters. The number of hydrogen-bond donors (Lipinski definition) is 1. The number of benzene rings is 1. The van der Waals surface area contributed by atoms with Crippen molar-refractivity contribution in [2.75, 3.05) is 18.1 Å². The monoisotopic (exact) mass is 255 g/mol. The predicted molar refractivity (Wildman–Crippen MR) is 66.5 cm³/mol. The van der Waals surface area contributed by atoms with E-state index in [1.54, 1.807) is 6.07 Å². The van der Waals surface area contributed by atoms with Gasteiger partial charge in [-0.15, -0.1) is 0 Å². The Morgan fingerprint density at radius 3 is 2.88 bits per heavy atom. The van der Waals surface area contributed by atoms with Crippen LogP contribution in [0.3, 0.4) is 0 Å². The Balaban J connectivity index is 2.56. The molecule has 0 atom stereocenters. The Morgan fingerprint density at radius 1 is 1.47 bits per heavy atom. The van der Waals surface area contributed by atoms with E-state index in [2.05, 4.69) is 0 Å². The molecular formula is C11H13NO4S. The van der Waals surface area contributed by atoms with Gasteiger partial charge in [0, 0.05) is 24.3 Å². The van der Waals surface area contributed by atoms with Crippen LogP contribution in [0.5, 0.6) is 0 Å². The lowest BCUT2D eigenvalue weighted by atomic mass is 10.1. The van der Waals surface area contributed by atoms with Crippen molar-refractivity contribution in [1.82, 2.24) is 0 Å². The second-order valence-corrected chi connectivity index (χ2v) is 4.47. The molecule has 92 valence electrons. The van der Waals surface area contributed by atoms with Gasteiger partial charge in [0.1, 0.15) is 0 Å². The fourth-order valence-corrected chi connectivity index (χ4v) is 2.04. The maximum atomic E-state index is 11.7. The van der Waals surface area contributed by atoms with Gasteiger partial charge in [-0.05, 0) is 12.2 Å². The Kier molecular flexibility index (Phi) is 5.65. The molecule has 0 heterocycles. The summed E-state index contributed by atoms with van der Waals surface area (Å²) in [6.07, 6.45) is 0.646. The van der Waals surface area contributed by atoms with Gasteiger partial charge >= 0.3 is 0 Å². The van der Waals surface area contributed by atoms with Crippen LogP contribution in [0.2, 0.25) is 0 Å². The predicted octanol–water partition coefficient (Wildman–Crippen LogP) is 1.89. The number of nitro groups is 1. The van der Waals surface area contributed by atoms with Gasteiger partial charge in [-0.3, -0.25) is 14.9 Å². The first kappa shape index (κ1) is 13.7. The number of carbonyl (C=O) groups excluding carboxylic acids is 1. The van der Waals surface area contributed by atoms with E-state index in [0.717, 1.165) is 0 Å². The van der Waals surface area contributed by atoms with Crippen LogP contribution in [-0.2, 0) is 0 Å². The second kappa shape index (κ2) is 7.03. The summed E-state index contributed by atoms with van der Waals surface area (Å²) in [5, 5.41) is 19.1. The quantitative estimate of drug-likeness (QED) is 0.348. The molecule has 0 radical (unpaired) electrons. The van der Waals surface area contributed by atoms with E-state index < -0.39 is 4.92 Å². The highest BCUT2D eigenvalue weighted by Gasteiger charge is 2.11. The van der Waals surface area contributed by atoms with Gasteiger partial charge in [-0.2, -0.15) is 11.8 Å². The Bertz CT molecular complexity index is 408. The largest absolute Gasteiger partial charge is 0.396 e. The molecule has 0 bridgehead atoms. The standard InChI is InChI=1S/C11H13NO4S/c13-5-2-6-17-8-11(14)9-3-1-4-10(7-9)12(15)16/h1,3-4,7,13H,2,5-6,8H2. The number of thioether (sulfide) groups is 1. The van der Waals surface area contributed by atoms with Crippen LogP contribution in [0.1, 0.15) is 16.8 Å². The highest BCUT2D eigenvalue weighted by molar-refractivity contribution is 7.99. The van der Waals surface area contributed by atoms with Crippen LogP contribution in [-0.4, -0.2) is 33.9 Å². The van der Waals surface area contributed by atoms with Crippen molar-refractivity contribution in [2.24, 2.45) is 0 Å². The number of hydrogen-bond acceptors (Lipinski definition) is 5. The zero-order valence-corrected chi connectivity index (χ0v) is 9.98. The normalized spacial score (nSPS) is 10.2. The summed E-state index contributed by atoms with van der Waals surface area (Å²) >= 11 is 1.42. The smallest absolute Gasteiger partial charge is 0.270 e. The lowest BCUT2D eigenvalue weighted by Gasteiger charge is -2.00. The third-order valence-electron chi connectivity index (χ3n) is 2.06. The van der Waals surface area contributed by atoms with Crippen molar-refractivity contribution in [3.63, 3.8) is 0 Å². The number of aliphatic hydroxyl groups is 1. The summed E-state index contributed by atoms with van der Waals surface area (Å²) in [5.74, 6) is 0.856. The maximum absolute atomic E-state index is 11.7. The fraction of sp³-hybridized carbons (Fsp3) is 0.364. The zero-order valence-electron chi connectivity index (χ0n) is 9.17. The summed E-state index contributed by atoms with van der Waals surface area (Å²) in [7, 11) is 0. The van der Waals surface area contributed by atoms with Crippen LogP contribution in [0.25, 0.3) is 0 Å². The average molecular weight is 255 g/mol. The van der Waals surface area contributed by atoms with Crippen molar-refractivity contribution in [3.05, 3.63) is 39.9 Å². The van der Waals surface area contributed by atoms with E-state index in [9.17, 15) is 14.9 Å². The van der Waals surface area contributed by atoms with Gasteiger partial charge in [0.05, 0.1) is 10.7 Å². The second-order valence-electron chi connectivity index (χ2n) is 3.36. The van der Waals surface area contributed by atoms with E-state index in [0.29, 0.717) is 17.7 Å². The van der Waals surface area contributed by atoms with Crippen molar-refractivity contribution in [1.29, 1.82) is 0 Å². The van der Waals surface area contributed by atoms with E-state index in [-0.39, 0.29) is 23.8 Å². The van der Waals surface area contributed by atoms with E-state index >= 15 is 0 Å². The number of aliphatic hydroxyl groups excluding tert-OH is 1. The van der Waals surface area contributed by atoms with Gasteiger partial charge in [0.25, 0.3) is 5.69 Å². The molecule has 1 aromatic rings. The zero-order chi connectivity index (χ0) is 12.7. The van der Waals surface area contributed by atoms with Crippen LogP contribution >= 0.6 is 11.8 Å². The molecule has 0 aromatic heterocycles. The van der Waals surface area contributed by atoms with Gasteiger partial charge in [0.2, 0.25) is 0 Å². The maximum Gasteiger partial charge on any atom is 0.270 e. The lowest BCUT2D eigenvalue weighted by Crippen LogP contribution is -2.04. The molecule has 0 saturated carbocycles. The minimum absolute atomic E-state index is 0.0730. The Hall–Kier alpha value is -1.40. The summed E-state index contributed by atoms with van der Waals surface area (Å²) in [5.41, 5.74) is 0.284. The summed E-state index contributed by atoms with van der Waals surface area (Å²) in [4.78, 5) is 21.7. The molecular weight excluding hydrogens is 242 g/mol. The first-order valence-electron chi connectivity index (χ1n) is 5.11. The molecule has 6 heteroatoms. The van der Waals surface area contributed by atoms with Gasteiger partial charge in [-0.25, -0.2) is 0 Å². The van der Waals surface area contributed by atoms with E-state index in [4.69, 9.17) is 5.11 Å². The molecule has 0 spiro atoms. The number of non-ortho nitro benzene ring substituents is 1. The van der Waals surface area contributed by atoms with Crippen molar-refractivity contribution in [2.45, 2.75) is 6.42 Å². The minimum atomic E-state index is -0.518. The first-order chi connectivity index (χ1) is 8.15. The van der Waals surface area contributed by atoms with Crippen molar-refractivity contribution < 1.29 is 14.8 Å². The topological polar surface area (TPSA) is 80.4 Å². The number of ketones is 1.